The van der Waals surface area contributed by atoms with Gasteiger partial charge in [0.2, 0.25) is 0 Å². The summed E-state index contributed by atoms with van der Waals surface area (Å²) in [6.45, 7) is 4.32. The minimum absolute atomic E-state index is 0.149. The van der Waals surface area contributed by atoms with E-state index >= 15 is 0 Å². The van der Waals surface area contributed by atoms with Gasteiger partial charge in [-0.1, -0.05) is 12.1 Å². The van der Waals surface area contributed by atoms with Crippen LogP contribution in [0.4, 0.5) is 0 Å². The second-order valence-electron chi connectivity index (χ2n) is 5.75. The highest BCUT2D eigenvalue weighted by atomic mass is 16.5. The van der Waals surface area contributed by atoms with Crippen LogP contribution in [-0.2, 0) is 0 Å². The molecule has 3 rings (SSSR count). The van der Waals surface area contributed by atoms with E-state index in [-0.39, 0.29) is 13.2 Å². The van der Waals surface area contributed by atoms with Gasteiger partial charge in [-0.05, 0) is 43.2 Å². The average molecular weight is 324 g/mol. The van der Waals surface area contributed by atoms with E-state index in [1.807, 2.05) is 44.2 Å². The molecule has 1 atom stereocenters. The number of hydrogen-bond acceptors (Lipinski definition) is 5. The van der Waals surface area contributed by atoms with Crippen molar-refractivity contribution in [2.75, 3.05) is 13.2 Å². The van der Waals surface area contributed by atoms with E-state index < -0.39 is 6.10 Å². The summed E-state index contributed by atoms with van der Waals surface area (Å²) >= 11 is 0. The number of rotatable bonds is 6. The maximum Gasteiger partial charge on any atom is 0.122 e. The minimum Gasteiger partial charge on any atom is -0.491 e. The Kier molecular flexibility index (Phi) is 4.91. The van der Waals surface area contributed by atoms with Crippen molar-refractivity contribution in [1.82, 2.24) is 9.97 Å². The van der Waals surface area contributed by atoms with Gasteiger partial charge in [-0.25, -0.2) is 0 Å². The van der Waals surface area contributed by atoms with Gasteiger partial charge in [0.25, 0.3) is 0 Å². The van der Waals surface area contributed by atoms with E-state index in [9.17, 15) is 5.11 Å². The molecule has 3 aromatic rings. The fraction of sp³-hybridized carbons (Fsp3) is 0.263. The van der Waals surface area contributed by atoms with Gasteiger partial charge in [-0.3, -0.25) is 9.97 Å². The zero-order chi connectivity index (χ0) is 16.9. The quantitative estimate of drug-likeness (QED) is 0.755. The zero-order valence-electron chi connectivity index (χ0n) is 13.8. The molecule has 0 amide bonds. The van der Waals surface area contributed by atoms with Gasteiger partial charge in [0, 0.05) is 18.5 Å². The first kappa shape index (κ1) is 16.2. The molecule has 124 valence electrons. The molecule has 24 heavy (non-hydrogen) atoms. The van der Waals surface area contributed by atoms with Crippen LogP contribution in [0.25, 0.3) is 11.0 Å². The Hall–Kier alpha value is -2.66. The van der Waals surface area contributed by atoms with Crippen molar-refractivity contribution < 1.29 is 14.6 Å². The fourth-order valence-corrected chi connectivity index (χ4v) is 2.32. The summed E-state index contributed by atoms with van der Waals surface area (Å²) in [5, 5.41) is 10.1. The molecule has 0 spiro atoms. The molecule has 0 bridgehead atoms. The van der Waals surface area contributed by atoms with Gasteiger partial charge in [0.05, 0.1) is 11.0 Å². The van der Waals surface area contributed by atoms with E-state index in [0.29, 0.717) is 5.75 Å². The molecule has 5 heteroatoms. The Morgan fingerprint density at radius 2 is 1.67 bits per heavy atom. The van der Waals surface area contributed by atoms with Gasteiger partial charge >= 0.3 is 0 Å². The van der Waals surface area contributed by atoms with Crippen LogP contribution in [0.1, 0.15) is 11.1 Å². The monoisotopic (exact) mass is 324 g/mol. The lowest BCUT2D eigenvalue weighted by atomic mass is 10.1. The molecule has 1 aromatic heterocycles. The summed E-state index contributed by atoms with van der Waals surface area (Å²) in [5.74, 6) is 1.43. The summed E-state index contributed by atoms with van der Waals surface area (Å²) < 4.78 is 11.3. The summed E-state index contributed by atoms with van der Waals surface area (Å²) in [6, 6.07) is 11.5. The predicted octanol–water partition coefficient (Wildman–Crippen LogP) is 3.07. The number of aromatic nitrogens is 2. The number of fused-ring (bicyclic) bond motifs is 1. The van der Waals surface area contributed by atoms with Crippen LogP contribution in [0, 0.1) is 13.8 Å². The van der Waals surface area contributed by atoms with Crippen molar-refractivity contribution >= 4 is 11.0 Å². The Morgan fingerprint density at radius 3 is 2.50 bits per heavy atom. The molecule has 0 unspecified atom stereocenters. The molecule has 2 aromatic carbocycles. The molecule has 0 saturated heterocycles. The number of nitrogens with zero attached hydrogens (tertiary/aromatic N) is 2. The highest BCUT2D eigenvalue weighted by Gasteiger charge is 2.09. The third kappa shape index (κ3) is 4.00. The maximum absolute atomic E-state index is 10.1. The second-order valence-corrected chi connectivity index (χ2v) is 5.75. The van der Waals surface area contributed by atoms with Crippen molar-refractivity contribution in [3.05, 3.63) is 59.9 Å². The number of hydrogen-bond donors (Lipinski definition) is 1. The van der Waals surface area contributed by atoms with Gasteiger partial charge < -0.3 is 14.6 Å². The number of aliphatic hydroxyl groups is 1. The van der Waals surface area contributed by atoms with Gasteiger partial charge in [0.15, 0.2) is 0 Å². The minimum atomic E-state index is -0.720. The van der Waals surface area contributed by atoms with Crippen LogP contribution in [0.3, 0.4) is 0 Å². The molecule has 0 aliphatic rings. The Labute approximate surface area is 140 Å². The summed E-state index contributed by atoms with van der Waals surface area (Å²) in [6.07, 6.45) is 2.57. The SMILES string of the molecule is Cc1ccc(C)c(OC[C@@H](O)COc2ccc3nccnc3c2)c1. The third-order valence-electron chi connectivity index (χ3n) is 3.66. The van der Waals surface area contributed by atoms with Crippen molar-refractivity contribution in [3.63, 3.8) is 0 Å². The van der Waals surface area contributed by atoms with Crippen LogP contribution < -0.4 is 9.47 Å². The molecule has 0 aliphatic carbocycles. The Bertz CT molecular complexity index is 836. The molecule has 1 heterocycles. The topological polar surface area (TPSA) is 64.5 Å². The number of aliphatic hydroxyl groups excluding tert-OH is 1. The first-order valence-electron chi connectivity index (χ1n) is 7.83. The summed E-state index contributed by atoms with van der Waals surface area (Å²) in [5.41, 5.74) is 3.74. The molecular weight excluding hydrogens is 304 g/mol. The van der Waals surface area contributed by atoms with Gasteiger partial charge in [0.1, 0.15) is 30.8 Å². The van der Waals surface area contributed by atoms with E-state index in [2.05, 4.69) is 9.97 Å². The molecular formula is C19H20N2O3. The second kappa shape index (κ2) is 7.27. The summed E-state index contributed by atoms with van der Waals surface area (Å²) in [4.78, 5) is 8.44. The van der Waals surface area contributed by atoms with E-state index in [1.54, 1.807) is 18.5 Å². The average Bonchev–Trinajstić information content (AvgIpc) is 2.60. The standard InChI is InChI=1S/C19H20N2O3/c1-13-3-4-14(2)19(9-13)24-12-15(22)11-23-16-5-6-17-18(10-16)21-8-7-20-17/h3-10,15,22H,11-12H2,1-2H3/t15-/m0/s1. The van der Waals surface area contributed by atoms with Gasteiger partial charge in [-0.2, -0.15) is 0 Å². The van der Waals surface area contributed by atoms with Crippen molar-refractivity contribution in [2.45, 2.75) is 20.0 Å². The van der Waals surface area contributed by atoms with Crippen LogP contribution in [0.2, 0.25) is 0 Å². The smallest absolute Gasteiger partial charge is 0.122 e. The third-order valence-corrected chi connectivity index (χ3v) is 3.66. The Balaban J connectivity index is 1.54. The lowest BCUT2D eigenvalue weighted by Gasteiger charge is -2.15. The first-order valence-corrected chi connectivity index (χ1v) is 7.83. The molecule has 0 radical (unpaired) electrons. The molecule has 0 saturated carbocycles. The van der Waals surface area contributed by atoms with Gasteiger partial charge in [-0.15, -0.1) is 0 Å². The summed E-state index contributed by atoms with van der Waals surface area (Å²) in [7, 11) is 0. The largest absolute Gasteiger partial charge is 0.491 e. The van der Waals surface area contributed by atoms with Crippen molar-refractivity contribution in [3.8, 4) is 11.5 Å². The first-order chi connectivity index (χ1) is 11.6. The van der Waals surface area contributed by atoms with Crippen LogP contribution in [0.5, 0.6) is 11.5 Å². The predicted molar refractivity (Wildman–Crippen MR) is 92.5 cm³/mol. The Morgan fingerprint density at radius 1 is 0.917 bits per heavy atom. The zero-order valence-corrected chi connectivity index (χ0v) is 13.8. The number of benzene rings is 2. The molecule has 0 aliphatic heterocycles. The molecule has 0 fully saturated rings. The number of aryl methyl sites for hydroxylation is 2. The van der Waals surface area contributed by atoms with Crippen molar-refractivity contribution in [2.24, 2.45) is 0 Å². The number of ether oxygens (including phenoxy) is 2. The van der Waals surface area contributed by atoms with E-state index in [4.69, 9.17) is 9.47 Å². The van der Waals surface area contributed by atoms with Crippen LogP contribution >= 0.6 is 0 Å². The maximum atomic E-state index is 10.1. The van der Waals surface area contributed by atoms with E-state index in [1.165, 1.54) is 0 Å². The van der Waals surface area contributed by atoms with Crippen molar-refractivity contribution in [1.29, 1.82) is 0 Å². The molecule has 1 N–H and O–H groups in total. The lowest BCUT2D eigenvalue weighted by molar-refractivity contribution is 0.0624. The normalized spacial score (nSPS) is 12.1. The van der Waals surface area contributed by atoms with Crippen LogP contribution in [0.15, 0.2) is 48.8 Å². The van der Waals surface area contributed by atoms with E-state index in [0.717, 1.165) is 27.9 Å². The highest BCUT2D eigenvalue weighted by molar-refractivity contribution is 5.75. The van der Waals surface area contributed by atoms with Crippen LogP contribution in [-0.4, -0.2) is 34.4 Å². The lowest BCUT2D eigenvalue weighted by Crippen LogP contribution is -2.25. The molecule has 5 nitrogen and oxygen atoms in total. The highest BCUT2D eigenvalue weighted by Crippen LogP contribution is 2.20. The fourth-order valence-electron chi connectivity index (χ4n) is 2.32.